The number of benzene rings is 2. The number of nitrogens with one attached hydrogen (secondary N) is 3. The van der Waals surface area contributed by atoms with E-state index in [-0.39, 0.29) is 32.5 Å². The molecule has 12 heteroatoms. The molecule has 1 heterocycles. The van der Waals surface area contributed by atoms with Gasteiger partial charge in [-0.2, -0.15) is 0 Å². The average molecular weight is 625 g/mol. The number of amides is 2. The van der Waals surface area contributed by atoms with Crippen molar-refractivity contribution in [3.63, 3.8) is 0 Å². The second kappa shape index (κ2) is 17.3. The van der Waals surface area contributed by atoms with E-state index in [9.17, 15) is 30.0 Å². The molecule has 0 aliphatic heterocycles. The second-order valence-corrected chi connectivity index (χ2v) is 11.8. The summed E-state index contributed by atoms with van der Waals surface area (Å²) in [5.74, 6) is 0.537. The third kappa shape index (κ3) is 13.1. The number of carbonyl (C=O) groups is 2. The Bertz CT molecular complexity index is 1310. The zero-order valence-electron chi connectivity index (χ0n) is 25.8. The van der Waals surface area contributed by atoms with Crippen molar-refractivity contribution in [3.05, 3.63) is 95.8 Å². The van der Waals surface area contributed by atoms with E-state index in [4.69, 9.17) is 9.47 Å². The average Bonchev–Trinajstić information content (AvgIpc) is 2.99. The van der Waals surface area contributed by atoms with Gasteiger partial charge in [-0.05, 0) is 62.9 Å². The maximum Gasteiger partial charge on any atom is 0.407 e. The lowest BCUT2D eigenvalue weighted by Gasteiger charge is -2.28. The summed E-state index contributed by atoms with van der Waals surface area (Å²) in [6, 6.07) is 18.2. The van der Waals surface area contributed by atoms with Crippen molar-refractivity contribution in [3.8, 4) is 5.75 Å². The Morgan fingerprint density at radius 3 is 1.98 bits per heavy atom. The normalized spacial score (nSPS) is 14.8. The third-order valence-corrected chi connectivity index (χ3v) is 6.80. The van der Waals surface area contributed by atoms with E-state index in [1.807, 2.05) is 30.3 Å². The molecule has 7 N–H and O–H groups in total. The molecule has 3 aromatic rings. The zero-order valence-corrected chi connectivity index (χ0v) is 25.8. The molecule has 0 radical (unpaired) electrons. The predicted molar refractivity (Wildman–Crippen MR) is 168 cm³/mol. The molecule has 2 amide bonds. The molecule has 45 heavy (non-hydrogen) atoms. The van der Waals surface area contributed by atoms with Crippen LogP contribution in [0, 0.1) is 0 Å². The van der Waals surface area contributed by atoms with E-state index in [0.717, 1.165) is 11.1 Å². The highest BCUT2D eigenvalue weighted by atomic mass is 16.6. The lowest BCUT2D eigenvalue weighted by atomic mass is 10.00. The standard InChI is InChI=1S/C33H44N4O8/c1-33(2,3)45-32(43)37-27(17-23-11-13-25(14-12-23)44-21-30(40)24-10-7-15-34-18-24)29(39)20-35-19-28(38)26(36-31(41)42)16-22-8-5-4-6-9-22/h4-15,18,26-30,35-36,38-40H,16-17,19-21H2,1-3H3,(H,37,43)(H,41,42)/t26-,27-,28+,29?,30?/m0/s1. The number of carboxylic acid groups (broad SMARTS) is 1. The van der Waals surface area contributed by atoms with Crippen molar-refractivity contribution in [2.75, 3.05) is 19.7 Å². The minimum Gasteiger partial charge on any atom is -0.491 e. The summed E-state index contributed by atoms with van der Waals surface area (Å²) in [5.41, 5.74) is 1.55. The summed E-state index contributed by atoms with van der Waals surface area (Å²) >= 11 is 0. The fourth-order valence-corrected chi connectivity index (χ4v) is 4.54. The minimum atomic E-state index is -1.25. The number of aliphatic hydroxyl groups excluding tert-OH is 3. The number of aliphatic hydroxyl groups is 3. The fraction of sp³-hybridized carbons (Fsp3) is 0.424. The summed E-state index contributed by atoms with van der Waals surface area (Å²) in [5, 5.41) is 49.5. The topological polar surface area (TPSA) is 182 Å². The molecule has 3 rings (SSSR count). The number of ether oxygens (including phenoxy) is 2. The first-order valence-corrected chi connectivity index (χ1v) is 14.8. The Morgan fingerprint density at radius 1 is 0.822 bits per heavy atom. The predicted octanol–water partition coefficient (Wildman–Crippen LogP) is 2.82. The van der Waals surface area contributed by atoms with Crippen molar-refractivity contribution in [1.82, 2.24) is 20.9 Å². The third-order valence-electron chi connectivity index (χ3n) is 6.80. The van der Waals surface area contributed by atoms with E-state index in [0.29, 0.717) is 11.3 Å². The largest absolute Gasteiger partial charge is 0.491 e. The quantitative estimate of drug-likeness (QED) is 0.125. The Labute approximate surface area is 263 Å². The summed E-state index contributed by atoms with van der Waals surface area (Å²) < 4.78 is 11.1. The van der Waals surface area contributed by atoms with Gasteiger partial charge in [-0.3, -0.25) is 4.98 Å². The Morgan fingerprint density at radius 2 is 1.42 bits per heavy atom. The van der Waals surface area contributed by atoms with Gasteiger partial charge in [0.1, 0.15) is 24.1 Å². The molecular formula is C33H44N4O8. The molecule has 0 saturated carbocycles. The number of pyridine rings is 1. The van der Waals surface area contributed by atoms with Crippen LogP contribution < -0.4 is 20.7 Å². The maximum absolute atomic E-state index is 12.6. The maximum atomic E-state index is 12.6. The van der Waals surface area contributed by atoms with E-state index in [2.05, 4.69) is 20.9 Å². The molecule has 0 spiro atoms. The van der Waals surface area contributed by atoms with Crippen LogP contribution in [0.1, 0.15) is 43.6 Å². The number of carbonyl (C=O) groups excluding carboxylic acids is 1. The molecule has 0 saturated heterocycles. The van der Waals surface area contributed by atoms with Crippen LogP contribution in [-0.4, -0.2) is 87.2 Å². The van der Waals surface area contributed by atoms with Crippen LogP contribution in [0.2, 0.25) is 0 Å². The first kappa shape index (κ1) is 35.3. The van der Waals surface area contributed by atoms with E-state index in [1.54, 1.807) is 69.6 Å². The number of hydrogen-bond donors (Lipinski definition) is 7. The molecule has 0 aliphatic carbocycles. The number of nitrogens with zero attached hydrogens (tertiary/aromatic N) is 1. The van der Waals surface area contributed by atoms with Crippen LogP contribution in [0.25, 0.3) is 0 Å². The van der Waals surface area contributed by atoms with Crippen LogP contribution in [0.5, 0.6) is 5.75 Å². The van der Waals surface area contributed by atoms with Crippen LogP contribution in [0.3, 0.4) is 0 Å². The lowest BCUT2D eigenvalue weighted by molar-refractivity contribution is 0.0416. The molecule has 12 nitrogen and oxygen atoms in total. The van der Waals surface area contributed by atoms with Gasteiger partial charge >= 0.3 is 12.2 Å². The van der Waals surface area contributed by atoms with Crippen molar-refractivity contribution in [1.29, 1.82) is 0 Å². The van der Waals surface area contributed by atoms with Gasteiger partial charge in [-0.25, -0.2) is 9.59 Å². The van der Waals surface area contributed by atoms with Gasteiger partial charge in [-0.1, -0.05) is 48.5 Å². The van der Waals surface area contributed by atoms with Crippen LogP contribution in [0.15, 0.2) is 79.1 Å². The summed E-state index contributed by atoms with van der Waals surface area (Å²) in [7, 11) is 0. The summed E-state index contributed by atoms with van der Waals surface area (Å²) in [4.78, 5) is 28.0. The van der Waals surface area contributed by atoms with Crippen molar-refractivity contribution < 1.29 is 39.5 Å². The number of aromatic nitrogens is 1. The van der Waals surface area contributed by atoms with Gasteiger partial charge in [0.15, 0.2) is 0 Å². The van der Waals surface area contributed by atoms with Crippen LogP contribution in [-0.2, 0) is 17.6 Å². The minimum absolute atomic E-state index is 0.00389. The molecule has 2 aromatic carbocycles. The van der Waals surface area contributed by atoms with Gasteiger partial charge in [0.05, 0.1) is 24.3 Å². The smallest absolute Gasteiger partial charge is 0.407 e. The van der Waals surface area contributed by atoms with Crippen LogP contribution >= 0.6 is 0 Å². The number of hydrogen-bond acceptors (Lipinski definition) is 9. The number of rotatable bonds is 16. The van der Waals surface area contributed by atoms with Crippen molar-refractivity contribution >= 4 is 12.2 Å². The zero-order chi connectivity index (χ0) is 32.8. The lowest BCUT2D eigenvalue weighted by Crippen LogP contribution is -2.52. The Hall–Kier alpha value is -4.23. The fourth-order valence-electron chi connectivity index (χ4n) is 4.54. The molecule has 2 unspecified atom stereocenters. The van der Waals surface area contributed by atoms with Gasteiger partial charge in [0, 0.05) is 31.0 Å². The second-order valence-electron chi connectivity index (χ2n) is 11.8. The first-order valence-electron chi connectivity index (χ1n) is 14.8. The van der Waals surface area contributed by atoms with Crippen LogP contribution in [0.4, 0.5) is 9.59 Å². The van der Waals surface area contributed by atoms with Crippen molar-refractivity contribution in [2.45, 2.75) is 69.6 Å². The molecule has 0 bridgehead atoms. The molecule has 0 fully saturated rings. The van der Waals surface area contributed by atoms with Gasteiger partial charge in [0.25, 0.3) is 0 Å². The Balaban J connectivity index is 1.59. The molecule has 1 aromatic heterocycles. The van der Waals surface area contributed by atoms with E-state index < -0.39 is 48.2 Å². The molecular weight excluding hydrogens is 580 g/mol. The van der Waals surface area contributed by atoms with Gasteiger partial charge in [0.2, 0.25) is 0 Å². The summed E-state index contributed by atoms with van der Waals surface area (Å²) in [6.07, 6.45) is -1.22. The monoisotopic (exact) mass is 624 g/mol. The highest BCUT2D eigenvalue weighted by molar-refractivity contribution is 5.68. The van der Waals surface area contributed by atoms with Gasteiger partial charge in [-0.15, -0.1) is 0 Å². The highest BCUT2D eigenvalue weighted by Gasteiger charge is 2.26. The number of alkyl carbamates (subject to hydrolysis) is 1. The van der Waals surface area contributed by atoms with E-state index >= 15 is 0 Å². The SMILES string of the molecule is CC(C)(C)OC(=O)N[C@@H](Cc1ccc(OCC(O)c2cccnc2)cc1)C(O)CNC[C@@H](O)[C@H](Cc1ccccc1)NC(=O)O. The molecule has 0 aliphatic rings. The Kier molecular flexibility index (Phi) is 13.6. The highest BCUT2D eigenvalue weighted by Crippen LogP contribution is 2.18. The molecule has 244 valence electrons. The first-order chi connectivity index (χ1) is 21.4. The molecule has 5 atom stereocenters. The van der Waals surface area contributed by atoms with Gasteiger partial charge < -0.3 is 45.9 Å². The van der Waals surface area contributed by atoms with E-state index in [1.165, 1.54) is 0 Å². The summed E-state index contributed by atoms with van der Waals surface area (Å²) in [6.45, 7) is 5.24. The van der Waals surface area contributed by atoms with Crippen molar-refractivity contribution in [2.24, 2.45) is 0 Å².